The van der Waals surface area contributed by atoms with Crippen LogP contribution in [0.25, 0.3) is 0 Å². The van der Waals surface area contributed by atoms with Gasteiger partial charge in [0.25, 0.3) is 0 Å². The van der Waals surface area contributed by atoms with E-state index in [4.69, 9.17) is 0 Å². The molecule has 2 atom stereocenters. The fraction of sp³-hybridized carbons (Fsp3) is 0.900. The summed E-state index contributed by atoms with van der Waals surface area (Å²) in [4.78, 5) is 11.5. The highest BCUT2D eigenvalue weighted by atomic mass is 16.3. The van der Waals surface area contributed by atoms with Gasteiger partial charge < -0.3 is 15.7 Å². The van der Waals surface area contributed by atoms with Crippen molar-refractivity contribution in [2.75, 3.05) is 13.1 Å². The van der Waals surface area contributed by atoms with E-state index in [1.165, 1.54) is 0 Å². The summed E-state index contributed by atoms with van der Waals surface area (Å²) in [5, 5.41) is 15.5. The molecule has 1 aliphatic heterocycles. The number of carbonyl (C=O) groups excluding carboxylic acids is 1. The summed E-state index contributed by atoms with van der Waals surface area (Å²) in [5.74, 6) is 0.481. The predicted molar refractivity (Wildman–Crippen MR) is 52.8 cm³/mol. The van der Waals surface area contributed by atoms with Gasteiger partial charge in [-0.05, 0) is 38.1 Å². The van der Waals surface area contributed by atoms with Crippen molar-refractivity contribution >= 4 is 5.91 Å². The lowest BCUT2D eigenvalue weighted by Crippen LogP contribution is -2.43. The first-order valence-electron chi connectivity index (χ1n) is 5.46. The maximum absolute atomic E-state index is 11.5. The Hall–Kier alpha value is -0.610. The van der Waals surface area contributed by atoms with Crippen molar-refractivity contribution in [2.24, 2.45) is 5.92 Å². The summed E-state index contributed by atoms with van der Waals surface area (Å²) in [5.41, 5.74) is 0. The molecule has 0 radical (unpaired) electrons. The fourth-order valence-electron chi connectivity index (χ4n) is 1.88. The van der Waals surface area contributed by atoms with Crippen LogP contribution in [-0.4, -0.2) is 36.2 Å². The average molecular weight is 198 g/mol. The number of carbonyl (C=O) groups is 1. The van der Waals surface area contributed by atoms with Gasteiger partial charge in [-0.3, -0.25) is 4.79 Å². The molecule has 4 nitrogen and oxygen atoms in total. The van der Waals surface area contributed by atoms with Crippen LogP contribution in [-0.2, 0) is 4.79 Å². The standard InChI is InChI=1S/C10H18N2O2/c13-9(7-3-4-7)6-12-10(14)8-2-1-5-11-8/h7-9,11,13H,1-6H2,(H,12,14)/t8-,9?/m0/s1. The Balaban J connectivity index is 1.66. The molecule has 14 heavy (non-hydrogen) atoms. The first kappa shape index (κ1) is 9.93. The Morgan fingerprint density at radius 1 is 1.50 bits per heavy atom. The van der Waals surface area contributed by atoms with Crippen molar-refractivity contribution in [3.05, 3.63) is 0 Å². The molecule has 0 aromatic rings. The van der Waals surface area contributed by atoms with Gasteiger partial charge in [0, 0.05) is 6.54 Å². The molecule has 0 spiro atoms. The van der Waals surface area contributed by atoms with Crippen molar-refractivity contribution in [3.63, 3.8) is 0 Å². The molecule has 0 aromatic carbocycles. The zero-order valence-electron chi connectivity index (χ0n) is 8.33. The van der Waals surface area contributed by atoms with E-state index in [1.807, 2.05) is 0 Å². The molecule has 2 rings (SSSR count). The van der Waals surface area contributed by atoms with Crippen molar-refractivity contribution in [1.82, 2.24) is 10.6 Å². The van der Waals surface area contributed by atoms with E-state index in [9.17, 15) is 9.90 Å². The molecule has 1 heterocycles. The normalized spacial score (nSPS) is 28.8. The highest BCUT2D eigenvalue weighted by Crippen LogP contribution is 2.32. The molecule has 0 bridgehead atoms. The topological polar surface area (TPSA) is 61.4 Å². The molecule has 1 saturated heterocycles. The summed E-state index contributed by atoms with van der Waals surface area (Å²) >= 11 is 0. The van der Waals surface area contributed by atoms with Crippen LogP contribution in [0.5, 0.6) is 0 Å². The second kappa shape index (κ2) is 4.28. The van der Waals surface area contributed by atoms with Crippen LogP contribution in [0.3, 0.4) is 0 Å². The van der Waals surface area contributed by atoms with E-state index in [1.54, 1.807) is 0 Å². The van der Waals surface area contributed by atoms with Crippen LogP contribution < -0.4 is 10.6 Å². The third kappa shape index (κ3) is 2.45. The van der Waals surface area contributed by atoms with Gasteiger partial charge in [-0.2, -0.15) is 0 Å². The predicted octanol–water partition coefficient (Wildman–Crippen LogP) is -0.375. The Kier molecular flexibility index (Phi) is 3.03. The summed E-state index contributed by atoms with van der Waals surface area (Å²) < 4.78 is 0. The van der Waals surface area contributed by atoms with Crippen LogP contribution in [0.2, 0.25) is 0 Å². The van der Waals surface area contributed by atoms with Gasteiger partial charge in [0.15, 0.2) is 0 Å². The van der Waals surface area contributed by atoms with E-state index in [0.29, 0.717) is 12.5 Å². The quantitative estimate of drug-likeness (QED) is 0.577. The molecule has 1 saturated carbocycles. The van der Waals surface area contributed by atoms with Crippen molar-refractivity contribution in [2.45, 2.75) is 37.8 Å². The minimum atomic E-state index is -0.333. The Labute approximate surface area is 84.1 Å². The highest BCUT2D eigenvalue weighted by molar-refractivity contribution is 5.82. The number of rotatable bonds is 4. The molecular weight excluding hydrogens is 180 g/mol. The fourth-order valence-corrected chi connectivity index (χ4v) is 1.88. The number of amides is 1. The Morgan fingerprint density at radius 2 is 2.29 bits per heavy atom. The lowest BCUT2D eigenvalue weighted by atomic mass is 10.2. The Bertz CT molecular complexity index is 210. The van der Waals surface area contributed by atoms with Crippen LogP contribution in [0.1, 0.15) is 25.7 Å². The lowest BCUT2D eigenvalue weighted by molar-refractivity contribution is -0.123. The molecule has 1 amide bonds. The SMILES string of the molecule is O=C(NCC(O)C1CC1)[C@@H]1CCCN1. The van der Waals surface area contributed by atoms with Gasteiger partial charge in [-0.15, -0.1) is 0 Å². The lowest BCUT2D eigenvalue weighted by Gasteiger charge is -2.14. The summed E-state index contributed by atoms with van der Waals surface area (Å²) in [6, 6.07) is -0.0265. The van der Waals surface area contributed by atoms with Crippen LogP contribution >= 0.6 is 0 Å². The number of hydrogen-bond acceptors (Lipinski definition) is 3. The van der Waals surface area contributed by atoms with Crippen molar-refractivity contribution in [3.8, 4) is 0 Å². The second-order valence-corrected chi connectivity index (χ2v) is 4.30. The minimum Gasteiger partial charge on any atom is -0.391 e. The minimum absolute atomic E-state index is 0.0265. The molecule has 1 aliphatic carbocycles. The summed E-state index contributed by atoms with van der Waals surface area (Å²) in [6.45, 7) is 1.35. The van der Waals surface area contributed by atoms with Crippen molar-refractivity contribution in [1.29, 1.82) is 0 Å². The molecule has 1 unspecified atom stereocenters. The first-order valence-corrected chi connectivity index (χ1v) is 5.46. The van der Waals surface area contributed by atoms with Crippen LogP contribution in [0.15, 0.2) is 0 Å². The second-order valence-electron chi connectivity index (χ2n) is 4.30. The van der Waals surface area contributed by atoms with Crippen LogP contribution in [0.4, 0.5) is 0 Å². The van der Waals surface area contributed by atoms with Gasteiger partial charge in [0.1, 0.15) is 0 Å². The number of nitrogens with one attached hydrogen (secondary N) is 2. The zero-order chi connectivity index (χ0) is 9.97. The van der Waals surface area contributed by atoms with E-state index >= 15 is 0 Å². The summed E-state index contributed by atoms with van der Waals surface area (Å²) in [6.07, 6.45) is 3.88. The molecule has 0 aromatic heterocycles. The van der Waals surface area contributed by atoms with E-state index in [-0.39, 0.29) is 18.1 Å². The molecule has 2 fully saturated rings. The van der Waals surface area contributed by atoms with Gasteiger partial charge in [-0.1, -0.05) is 0 Å². The van der Waals surface area contributed by atoms with Gasteiger partial charge in [0.2, 0.25) is 5.91 Å². The maximum atomic E-state index is 11.5. The third-order valence-corrected chi connectivity index (χ3v) is 3.03. The van der Waals surface area contributed by atoms with Crippen molar-refractivity contribution < 1.29 is 9.90 Å². The molecule has 4 heteroatoms. The van der Waals surface area contributed by atoms with Gasteiger partial charge in [-0.25, -0.2) is 0 Å². The average Bonchev–Trinajstić information content (AvgIpc) is 2.90. The largest absolute Gasteiger partial charge is 0.391 e. The number of aliphatic hydroxyl groups is 1. The van der Waals surface area contributed by atoms with E-state index in [0.717, 1.165) is 32.2 Å². The Morgan fingerprint density at radius 3 is 2.86 bits per heavy atom. The first-order chi connectivity index (χ1) is 6.77. The van der Waals surface area contributed by atoms with Gasteiger partial charge in [0.05, 0.1) is 12.1 Å². The molecule has 80 valence electrons. The van der Waals surface area contributed by atoms with E-state index < -0.39 is 0 Å². The molecule has 3 N–H and O–H groups in total. The highest BCUT2D eigenvalue weighted by Gasteiger charge is 2.30. The molecule has 2 aliphatic rings. The maximum Gasteiger partial charge on any atom is 0.237 e. The monoisotopic (exact) mass is 198 g/mol. The summed E-state index contributed by atoms with van der Waals surface area (Å²) in [7, 11) is 0. The third-order valence-electron chi connectivity index (χ3n) is 3.03. The van der Waals surface area contributed by atoms with E-state index in [2.05, 4.69) is 10.6 Å². The smallest absolute Gasteiger partial charge is 0.237 e. The number of aliphatic hydroxyl groups excluding tert-OH is 1. The number of hydrogen-bond donors (Lipinski definition) is 3. The van der Waals surface area contributed by atoms with Crippen LogP contribution in [0, 0.1) is 5.92 Å². The molecular formula is C10H18N2O2. The van der Waals surface area contributed by atoms with Gasteiger partial charge >= 0.3 is 0 Å². The zero-order valence-corrected chi connectivity index (χ0v) is 8.33.